The van der Waals surface area contributed by atoms with E-state index in [0.29, 0.717) is 24.6 Å². The summed E-state index contributed by atoms with van der Waals surface area (Å²) in [7, 11) is -3.66. The molecule has 24 heavy (non-hydrogen) atoms. The Morgan fingerprint density at radius 1 is 1.25 bits per heavy atom. The van der Waals surface area contributed by atoms with Crippen LogP contribution in [-0.4, -0.2) is 48.2 Å². The number of thiophene rings is 1. The van der Waals surface area contributed by atoms with E-state index in [4.69, 9.17) is 5.73 Å². The zero-order valence-corrected chi connectivity index (χ0v) is 15.1. The maximum atomic E-state index is 12.8. The predicted octanol–water partition coefficient (Wildman–Crippen LogP) is 1.72. The second-order valence-corrected chi connectivity index (χ2v) is 9.10. The van der Waals surface area contributed by atoms with Gasteiger partial charge >= 0.3 is 0 Å². The summed E-state index contributed by atoms with van der Waals surface area (Å²) < 4.78 is 27.0. The first kappa shape index (κ1) is 17.2. The van der Waals surface area contributed by atoms with Gasteiger partial charge in [-0.05, 0) is 23.6 Å². The van der Waals surface area contributed by atoms with Crippen LogP contribution in [0.5, 0.6) is 0 Å². The molecule has 0 radical (unpaired) electrons. The van der Waals surface area contributed by atoms with Gasteiger partial charge in [0.2, 0.25) is 10.0 Å². The maximum absolute atomic E-state index is 12.8. The number of hydrogen-bond donors (Lipinski definition) is 2. The summed E-state index contributed by atoms with van der Waals surface area (Å²) in [6.07, 6.45) is 1.43. The number of thioether (sulfide) groups is 1. The van der Waals surface area contributed by atoms with Crippen LogP contribution < -0.4 is 11.1 Å². The van der Waals surface area contributed by atoms with Crippen LogP contribution in [0.15, 0.2) is 34.7 Å². The Hall–Kier alpha value is -1.62. The molecule has 0 aliphatic carbocycles. The van der Waals surface area contributed by atoms with Gasteiger partial charge in [-0.2, -0.15) is 16.1 Å². The Morgan fingerprint density at radius 2 is 2.00 bits per heavy atom. The molecule has 2 aromatic heterocycles. The van der Waals surface area contributed by atoms with E-state index in [2.05, 4.69) is 10.3 Å². The van der Waals surface area contributed by atoms with Crippen molar-refractivity contribution in [3.05, 3.63) is 34.7 Å². The summed E-state index contributed by atoms with van der Waals surface area (Å²) in [6.45, 7) is 0.928. The van der Waals surface area contributed by atoms with Gasteiger partial charge in [0.15, 0.2) is 0 Å². The van der Waals surface area contributed by atoms with Crippen LogP contribution >= 0.6 is 23.1 Å². The maximum Gasteiger partial charge on any atom is 0.267 e. The summed E-state index contributed by atoms with van der Waals surface area (Å²) in [5.74, 6) is 1.40. The van der Waals surface area contributed by atoms with Gasteiger partial charge < -0.3 is 11.1 Å². The molecule has 0 aromatic carbocycles. The lowest BCUT2D eigenvalue weighted by Gasteiger charge is -2.25. The number of nitrogen functional groups attached to an aromatic ring is 1. The number of aromatic nitrogens is 1. The number of nitrogens with two attached hydrogens (primary N) is 1. The summed E-state index contributed by atoms with van der Waals surface area (Å²) >= 11 is 2.83. The number of carbonyl (C=O) groups excluding carboxylic acids is 1. The molecule has 7 nitrogen and oxygen atoms in total. The number of carbonyl (C=O) groups is 1. The lowest BCUT2D eigenvalue weighted by molar-refractivity contribution is 0.102. The van der Waals surface area contributed by atoms with Crippen molar-refractivity contribution in [2.45, 2.75) is 4.90 Å². The van der Waals surface area contributed by atoms with E-state index < -0.39 is 15.9 Å². The van der Waals surface area contributed by atoms with Crippen molar-refractivity contribution in [3.8, 4) is 0 Å². The number of sulfonamides is 1. The van der Waals surface area contributed by atoms with Gasteiger partial charge in [-0.15, -0.1) is 11.3 Å². The lowest BCUT2D eigenvalue weighted by atomic mass is 10.3. The highest BCUT2D eigenvalue weighted by Gasteiger charge is 2.31. The van der Waals surface area contributed by atoms with Crippen molar-refractivity contribution in [2.24, 2.45) is 0 Å². The van der Waals surface area contributed by atoms with Crippen molar-refractivity contribution in [1.82, 2.24) is 9.29 Å². The van der Waals surface area contributed by atoms with Crippen LogP contribution in [0, 0.1) is 0 Å². The van der Waals surface area contributed by atoms with Gasteiger partial charge in [0.05, 0.1) is 11.9 Å². The molecule has 0 atom stereocenters. The minimum atomic E-state index is -3.66. The number of nitrogens with one attached hydrogen (secondary N) is 1. The Balaban J connectivity index is 1.84. The zero-order chi connectivity index (χ0) is 17.2. The zero-order valence-electron chi connectivity index (χ0n) is 12.6. The summed E-state index contributed by atoms with van der Waals surface area (Å²) in [6, 6.07) is 4.66. The molecule has 3 heterocycles. The van der Waals surface area contributed by atoms with E-state index in [0.717, 1.165) is 22.8 Å². The number of anilines is 2. The van der Waals surface area contributed by atoms with Crippen molar-refractivity contribution in [2.75, 3.05) is 35.6 Å². The summed E-state index contributed by atoms with van der Waals surface area (Å²) in [5.41, 5.74) is 5.97. The minimum Gasteiger partial charge on any atom is -0.384 e. The van der Waals surface area contributed by atoms with Crippen LogP contribution in [0.1, 0.15) is 9.67 Å². The van der Waals surface area contributed by atoms with Crippen molar-refractivity contribution in [1.29, 1.82) is 0 Å². The van der Waals surface area contributed by atoms with Gasteiger partial charge in [0, 0.05) is 24.6 Å². The van der Waals surface area contributed by atoms with Crippen LogP contribution in [0.3, 0.4) is 0 Å². The molecule has 1 saturated heterocycles. The Kier molecular flexibility index (Phi) is 5.09. The third kappa shape index (κ3) is 3.56. The molecular weight excluding hydrogens is 368 g/mol. The topological polar surface area (TPSA) is 105 Å². The molecule has 1 aliphatic heterocycles. The molecule has 10 heteroatoms. The van der Waals surface area contributed by atoms with E-state index in [1.54, 1.807) is 29.3 Å². The van der Waals surface area contributed by atoms with Gasteiger partial charge in [0.1, 0.15) is 15.6 Å². The van der Waals surface area contributed by atoms with Crippen LogP contribution in [0.25, 0.3) is 0 Å². The molecule has 1 amide bonds. The largest absolute Gasteiger partial charge is 0.384 e. The minimum absolute atomic E-state index is 0.0558. The van der Waals surface area contributed by atoms with Crippen LogP contribution in [-0.2, 0) is 10.0 Å². The van der Waals surface area contributed by atoms with E-state index >= 15 is 0 Å². The van der Waals surface area contributed by atoms with E-state index in [1.807, 2.05) is 0 Å². The average molecular weight is 385 g/mol. The lowest BCUT2D eigenvalue weighted by Crippen LogP contribution is -2.38. The summed E-state index contributed by atoms with van der Waals surface area (Å²) in [5, 5.41) is 4.27. The normalized spacial score (nSPS) is 16.0. The molecule has 3 rings (SSSR count). The standard InChI is InChI=1S/C14H16N4O3S3/c15-12-2-1-10(9-16-12)17-14(19)13-11(3-6-23-13)24(20,21)18-4-7-22-8-5-18/h1-3,6,9H,4-5,7-8H2,(H2,15,16)(H,17,19). The van der Waals surface area contributed by atoms with E-state index in [1.165, 1.54) is 16.6 Å². The smallest absolute Gasteiger partial charge is 0.267 e. The number of nitrogens with zero attached hydrogens (tertiary/aromatic N) is 2. The highest BCUT2D eigenvalue weighted by Crippen LogP contribution is 2.27. The number of pyridine rings is 1. The summed E-state index contributed by atoms with van der Waals surface area (Å²) in [4.78, 5) is 16.6. The van der Waals surface area contributed by atoms with Gasteiger partial charge in [-0.25, -0.2) is 13.4 Å². The van der Waals surface area contributed by atoms with Crippen molar-refractivity contribution >= 4 is 50.5 Å². The van der Waals surface area contributed by atoms with Gasteiger partial charge in [-0.3, -0.25) is 4.79 Å². The quantitative estimate of drug-likeness (QED) is 0.831. The molecular formula is C14H16N4O3S3. The van der Waals surface area contributed by atoms with Gasteiger partial charge in [0.25, 0.3) is 5.91 Å². The first-order chi connectivity index (χ1) is 11.5. The number of rotatable bonds is 4. The predicted molar refractivity (Wildman–Crippen MR) is 97.0 cm³/mol. The second-order valence-electron chi connectivity index (χ2n) is 5.06. The molecule has 1 aliphatic rings. The monoisotopic (exact) mass is 384 g/mol. The van der Waals surface area contributed by atoms with E-state index in [9.17, 15) is 13.2 Å². The van der Waals surface area contributed by atoms with Crippen LogP contribution in [0.2, 0.25) is 0 Å². The molecule has 0 unspecified atom stereocenters. The highest BCUT2D eigenvalue weighted by atomic mass is 32.2. The highest BCUT2D eigenvalue weighted by molar-refractivity contribution is 7.99. The third-order valence-electron chi connectivity index (χ3n) is 3.47. The van der Waals surface area contributed by atoms with E-state index in [-0.39, 0.29) is 9.77 Å². The fraction of sp³-hybridized carbons (Fsp3) is 0.286. The average Bonchev–Trinajstić information content (AvgIpc) is 3.08. The molecule has 2 aromatic rings. The SMILES string of the molecule is Nc1ccc(NC(=O)c2sccc2S(=O)(=O)N2CCSCC2)cn1. The molecule has 3 N–H and O–H groups in total. The van der Waals surface area contributed by atoms with Crippen LogP contribution in [0.4, 0.5) is 11.5 Å². The van der Waals surface area contributed by atoms with Crippen molar-refractivity contribution < 1.29 is 13.2 Å². The Bertz CT molecular complexity index is 827. The van der Waals surface area contributed by atoms with Crippen molar-refractivity contribution in [3.63, 3.8) is 0 Å². The molecule has 0 saturated carbocycles. The second kappa shape index (κ2) is 7.09. The molecule has 128 valence electrons. The molecule has 0 bridgehead atoms. The first-order valence-electron chi connectivity index (χ1n) is 7.17. The molecule has 1 fully saturated rings. The fourth-order valence-corrected chi connectivity index (χ4v) is 6.13. The van der Waals surface area contributed by atoms with Gasteiger partial charge in [-0.1, -0.05) is 0 Å². The first-order valence-corrected chi connectivity index (χ1v) is 10.6. The number of amides is 1. The molecule has 0 spiro atoms. The number of hydrogen-bond acceptors (Lipinski definition) is 7. The Morgan fingerprint density at radius 3 is 2.67 bits per heavy atom. The fourth-order valence-electron chi connectivity index (χ4n) is 2.26. The third-order valence-corrected chi connectivity index (χ3v) is 7.39. The Labute approximate surface area is 148 Å².